The number of amides is 2. The molecule has 110 valence electrons. The average molecular weight is 288 g/mol. The van der Waals surface area contributed by atoms with Gasteiger partial charge in [0, 0.05) is 12.1 Å². The van der Waals surface area contributed by atoms with Gasteiger partial charge in [-0.2, -0.15) is 0 Å². The minimum atomic E-state index is -1.50. The van der Waals surface area contributed by atoms with E-state index in [1.54, 1.807) is 36.4 Å². The number of carboxylic acids is 1. The number of aliphatic carboxylic acids is 1. The molecule has 3 N–H and O–H groups in total. The van der Waals surface area contributed by atoms with Crippen LogP contribution < -0.4 is 10.6 Å². The zero-order valence-corrected chi connectivity index (χ0v) is 11.5. The van der Waals surface area contributed by atoms with Crippen LogP contribution in [0.15, 0.2) is 53.3 Å². The topological polar surface area (TPSA) is 91.6 Å². The Morgan fingerprint density at radius 3 is 2.52 bits per heavy atom. The van der Waals surface area contributed by atoms with E-state index in [9.17, 15) is 14.7 Å². The number of hydrogen-bond donors (Lipinski definition) is 3. The van der Waals surface area contributed by atoms with E-state index < -0.39 is 17.5 Å². The van der Waals surface area contributed by atoms with Crippen molar-refractivity contribution in [2.24, 2.45) is 0 Å². The molecule has 6 nitrogen and oxygen atoms in total. The van der Waals surface area contributed by atoms with E-state index in [1.807, 2.05) is 0 Å². The lowest BCUT2D eigenvalue weighted by molar-refractivity contribution is -0.144. The maximum atomic E-state index is 11.9. The van der Waals surface area contributed by atoms with Gasteiger partial charge in [-0.25, -0.2) is 9.59 Å². The van der Waals surface area contributed by atoms with Crippen LogP contribution in [0.5, 0.6) is 0 Å². The fraction of sp³-hybridized carbons (Fsp3) is 0.200. The number of furan rings is 1. The smallest absolute Gasteiger partial charge is 0.333 e. The quantitative estimate of drug-likeness (QED) is 0.785. The van der Waals surface area contributed by atoms with Crippen molar-refractivity contribution in [3.8, 4) is 0 Å². The third-order valence-electron chi connectivity index (χ3n) is 3.18. The normalized spacial score (nSPS) is 13.2. The molecule has 0 spiro atoms. The van der Waals surface area contributed by atoms with Gasteiger partial charge in [0.25, 0.3) is 0 Å². The SMILES string of the molecule is CC(NC(=O)NCc1ccoc1)(C(=O)O)c1ccccc1. The predicted molar refractivity (Wildman–Crippen MR) is 75.5 cm³/mol. The molecule has 1 atom stereocenters. The molecule has 0 bridgehead atoms. The van der Waals surface area contributed by atoms with E-state index in [-0.39, 0.29) is 6.54 Å². The molecule has 21 heavy (non-hydrogen) atoms. The molecule has 1 unspecified atom stereocenters. The number of urea groups is 1. The largest absolute Gasteiger partial charge is 0.479 e. The first-order valence-corrected chi connectivity index (χ1v) is 6.38. The van der Waals surface area contributed by atoms with Crippen LogP contribution in [0, 0.1) is 0 Å². The number of hydrogen-bond acceptors (Lipinski definition) is 3. The molecule has 2 aromatic rings. The molecular weight excluding hydrogens is 272 g/mol. The van der Waals surface area contributed by atoms with Crippen LogP contribution >= 0.6 is 0 Å². The first-order chi connectivity index (χ1) is 10.0. The highest BCUT2D eigenvalue weighted by Crippen LogP contribution is 2.20. The van der Waals surface area contributed by atoms with Gasteiger partial charge < -0.3 is 20.2 Å². The van der Waals surface area contributed by atoms with Crippen molar-refractivity contribution in [3.63, 3.8) is 0 Å². The summed E-state index contributed by atoms with van der Waals surface area (Å²) >= 11 is 0. The monoisotopic (exact) mass is 288 g/mol. The third-order valence-corrected chi connectivity index (χ3v) is 3.18. The lowest BCUT2D eigenvalue weighted by Crippen LogP contribution is -2.52. The van der Waals surface area contributed by atoms with Gasteiger partial charge in [-0.1, -0.05) is 30.3 Å². The molecule has 0 saturated heterocycles. The maximum absolute atomic E-state index is 11.9. The number of carbonyl (C=O) groups is 2. The van der Waals surface area contributed by atoms with Crippen LogP contribution in [-0.4, -0.2) is 17.1 Å². The van der Waals surface area contributed by atoms with Gasteiger partial charge in [-0.15, -0.1) is 0 Å². The van der Waals surface area contributed by atoms with Crippen LogP contribution in [-0.2, 0) is 16.9 Å². The summed E-state index contributed by atoms with van der Waals surface area (Å²) in [5, 5.41) is 14.5. The van der Waals surface area contributed by atoms with Crippen LogP contribution in [0.2, 0.25) is 0 Å². The standard InChI is InChI=1S/C15H16N2O4/c1-15(13(18)19,12-5-3-2-4-6-12)17-14(20)16-9-11-7-8-21-10-11/h2-8,10H,9H2,1H3,(H,18,19)(H2,16,17,20). The zero-order valence-electron chi connectivity index (χ0n) is 11.5. The Labute approximate surface area is 121 Å². The lowest BCUT2D eigenvalue weighted by atomic mass is 9.92. The maximum Gasteiger partial charge on any atom is 0.333 e. The molecule has 0 aliphatic heterocycles. The van der Waals surface area contributed by atoms with Crippen molar-refractivity contribution in [1.29, 1.82) is 0 Å². The minimum absolute atomic E-state index is 0.257. The summed E-state index contributed by atoms with van der Waals surface area (Å²) in [7, 11) is 0. The first-order valence-electron chi connectivity index (χ1n) is 6.38. The summed E-state index contributed by atoms with van der Waals surface area (Å²) in [6.45, 7) is 1.70. The average Bonchev–Trinajstić information content (AvgIpc) is 2.99. The summed E-state index contributed by atoms with van der Waals surface area (Å²) < 4.78 is 4.89. The second kappa shape index (κ2) is 6.13. The third kappa shape index (κ3) is 3.42. The number of benzene rings is 1. The highest BCUT2D eigenvalue weighted by Gasteiger charge is 2.36. The number of rotatable bonds is 5. The van der Waals surface area contributed by atoms with E-state index in [0.717, 1.165) is 5.56 Å². The van der Waals surface area contributed by atoms with E-state index >= 15 is 0 Å². The summed E-state index contributed by atoms with van der Waals surface area (Å²) in [5.74, 6) is -1.13. The molecule has 1 aromatic carbocycles. The Balaban J connectivity index is 2.06. The van der Waals surface area contributed by atoms with Gasteiger partial charge in [0.15, 0.2) is 5.54 Å². The van der Waals surface area contributed by atoms with Crippen molar-refractivity contribution in [1.82, 2.24) is 10.6 Å². The number of nitrogens with one attached hydrogen (secondary N) is 2. The highest BCUT2D eigenvalue weighted by molar-refractivity contribution is 5.87. The molecule has 1 heterocycles. The van der Waals surface area contributed by atoms with Crippen molar-refractivity contribution in [2.45, 2.75) is 19.0 Å². The molecule has 0 radical (unpaired) electrons. The molecule has 0 aliphatic carbocycles. The van der Waals surface area contributed by atoms with E-state index in [1.165, 1.54) is 19.5 Å². The van der Waals surface area contributed by atoms with Crippen LogP contribution in [0.4, 0.5) is 4.79 Å². The molecule has 1 aromatic heterocycles. The van der Waals surface area contributed by atoms with Crippen LogP contribution in [0.25, 0.3) is 0 Å². The molecule has 6 heteroatoms. The van der Waals surface area contributed by atoms with Crippen molar-refractivity contribution in [3.05, 3.63) is 60.1 Å². The van der Waals surface area contributed by atoms with Gasteiger partial charge in [0.1, 0.15) is 0 Å². The van der Waals surface area contributed by atoms with Crippen LogP contribution in [0.3, 0.4) is 0 Å². The molecule has 2 rings (SSSR count). The summed E-state index contributed by atoms with van der Waals surface area (Å²) in [6.07, 6.45) is 3.01. The first kappa shape index (κ1) is 14.6. The summed E-state index contributed by atoms with van der Waals surface area (Å²) in [6, 6.07) is 9.70. The number of carbonyl (C=O) groups excluding carboxylic acids is 1. The van der Waals surface area contributed by atoms with E-state index in [0.29, 0.717) is 5.56 Å². The molecule has 0 fully saturated rings. The Morgan fingerprint density at radius 2 is 1.95 bits per heavy atom. The van der Waals surface area contributed by atoms with Crippen LogP contribution in [0.1, 0.15) is 18.1 Å². The Hall–Kier alpha value is -2.76. The zero-order chi connectivity index (χ0) is 15.3. The Bertz CT molecular complexity index is 610. The molecule has 0 aliphatic rings. The Kier molecular flexibility index (Phi) is 4.27. The summed E-state index contributed by atoms with van der Waals surface area (Å²) in [4.78, 5) is 23.4. The second-order valence-corrected chi connectivity index (χ2v) is 4.74. The van der Waals surface area contributed by atoms with Gasteiger partial charge in [0.2, 0.25) is 0 Å². The molecule has 0 saturated carbocycles. The van der Waals surface area contributed by atoms with E-state index in [2.05, 4.69) is 10.6 Å². The summed E-state index contributed by atoms with van der Waals surface area (Å²) in [5.41, 5.74) is -0.209. The van der Waals surface area contributed by atoms with Gasteiger partial charge in [0.05, 0.1) is 12.5 Å². The van der Waals surface area contributed by atoms with Crippen molar-refractivity contribution < 1.29 is 19.1 Å². The van der Waals surface area contributed by atoms with Gasteiger partial charge in [-0.05, 0) is 18.6 Å². The fourth-order valence-electron chi connectivity index (χ4n) is 1.87. The molecular formula is C15H16N2O4. The Morgan fingerprint density at radius 1 is 1.24 bits per heavy atom. The van der Waals surface area contributed by atoms with Gasteiger partial charge in [-0.3, -0.25) is 0 Å². The molecule has 2 amide bonds. The van der Waals surface area contributed by atoms with Gasteiger partial charge >= 0.3 is 12.0 Å². The van der Waals surface area contributed by atoms with Crippen molar-refractivity contribution >= 4 is 12.0 Å². The van der Waals surface area contributed by atoms with Crippen molar-refractivity contribution in [2.75, 3.05) is 0 Å². The number of carboxylic acid groups (broad SMARTS) is 1. The highest BCUT2D eigenvalue weighted by atomic mass is 16.4. The lowest BCUT2D eigenvalue weighted by Gasteiger charge is -2.26. The second-order valence-electron chi connectivity index (χ2n) is 4.74. The predicted octanol–water partition coefficient (Wildman–Crippen LogP) is 2.08. The fourth-order valence-corrected chi connectivity index (χ4v) is 1.87. The minimum Gasteiger partial charge on any atom is -0.479 e. The van der Waals surface area contributed by atoms with E-state index in [4.69, 9.17) is 4.42 Å².